The molecule has 0 saturated carbocycles. The van der Waals surface area contributed by atoms with Crippen LogP contribution in [0.25, 0.3) is 0 Å². The third-order valence-corrected chi connectivity index (χ3v) is 4.36. The Balaban J connectivity index is 1.89. The Kier molecular flexibility index (Phi) is 4.27. The Bertz CT molecular complexity index is 519. The number of thiophene rings is 1. The summed E-state index contributed by atoms with van der Waals surface area (Å²) in [5.41, 5.74) is -0.983. The fourth-order valence-corrected chi connectivity index (χ4v) is 3.11. The standard InChI is InChI=1S/C13H16BrNO2S/c1-9-3-4-12(17-9)13(2,16)8-15-6-11-5-10(14)7-18-11/h3-5,7,15-16H,6,8H2,1-2H3. The molecule has 2 aromatic heterocycles. The lowest BCUT2D eigenvalue weighted by molar-refractivity contribution is 0.0333. The summed E-state index contributed by atoms with van der Waals surface area (Å²) in [7, 11) is 0. The topological polar surface area (TPSA) is 45.4 Å². The van der Waals surface area contributed by atoms with Crippen LogP contribution in [-0.2, 0) is 12.1 Å². The number of nitrogens with one attached hydrogen (secondary N) is 1. The number of aliphatic hydroxyl groups is 1. The van der Waals surface area contributed by atoms with E-state index in [1.807, 2.05) is 24.4 Å². The zero-order valence-electron chi connectivity index (χ0n) is 10.4. The summed E-state index contributed by atoms with van der Waals surface area (Å²) < 4.78 is 6.56. The van der Waals surface area contributed by atoms with Crippen LogP contribution in [0.15, 0.2) is 32.5 Å². The molecule has 3 nitrogen and oxygen atoms in total. The van der Waals surface area contributed by atoms with E-state index in [0.717, 1.165) is 16.8 Å². The van der Waals surface area contributed by atoms with Gasteiger partial charge >= 0.3 is 0 Å². The molecule has 2 heterocycles. The summed E-state index contributed by atoms with van der Waals surface area (Å²) in [6.07, 6.45) is 0. The average molecular weight is 330 g/mol. The Morgan fingerprint density at radius 1 is 1.50 bits per heavy atom. The smallest absolute Gasteiger partial charge is 0.136 e. The molecular formula is C13H16BrNO2S. The van der Waals surface area contributed by atoms with Crippen LogP contribution in [0.5, 0.6) is 0 Å². The maximum atomic E-state index is 10.3. The summed E-state index contributed by atoms with van der Waals surface area (Å²) >= 11 is 5.11. The third-order valence-electron chi connectivity index (χ3n) is 2.66. The Labute approximate surface area is 119 Å². The molecule has 0 amide bonds. The molecule has 0 bridgehead atoms. The van der Waals surface area contributed by atoms with Gasteiger partial charge in [-0.05, 0) is 48.0 Å². The fraction of sp³-hybridized carbons (Fsp3) is 0.385. The van der Waals surface area contributed by atoms with Crippen molar-refractivity contribution in [2.45, 2.75) is 26.0 Å². The van der Waals surface area contributed by atoms with Crippen LogP contribution < -0.4 is 5.32 Å². The molecule has 0 fully saturated rings. The van der Waals surface area contributed by atoms with Crippen LogP contribution in [0.2, 0.25) is 0 Å². The van der Waals surface area contributed by atoms with Crippen molar-refractivity contribution >= 4 is 27.3 Å². The quantitative estimate of drug-likeness (QED) is 0.883. The van der Waals surface area contributed by atoms with Crippen LogP contribution in [0.1, 0.15) is 23.3 Å². The van der Waals surface area contributed by atoms with Crippen molar-refractivity contribution in [2.24, 2.45) is 0 Å². The van der Waals surface area contributed by atoms with E-state index < -0.39 is 5.60 Å². The van der Waals surface area contributed by atoms with Crippen molar-refractivity contribution < 1.29 is 9.52 Å². The molecule has 1 atom stereocenters. The van der Waals surface area contributed by atoms with Gasteiger partial charge < -0.3 is 14.8 Å². The maximum absolute atomic E-state index is 10.3. The van der Waals surface area contributed by atoms with E-state index in [-0.39, 0.29) is 0 Å². The number of halogens is 1. The first-order valence-electron chi connectivity index (χ1n) is 5.70. The first-order chi connectivity index (χ1) is 8.47. The van der Waals surface area contributed by atoms with E-state index >= 15 is 0 Å². The fourth-order valence-electron chi connectivity index (χ4n) is 1.69. The minimum absolute atomic E-state index is 0.454. The van der Waals surface area contributed by atoms with Crippen LogP contribution in [0.4, 0.5) is 0 Å². The molecule has 0 saturated heterocycles. The van der Waals surface area contributed by atoms with Gasteiger partial charge in [-0.2, -0.15) is 0 Å². The van der Waals surface area contributed by atoms with Gasteiger partial charge in [0.2, 0.25) is 0 Å². The van der Waals surface area contributed by atoms with Crippen molar-refractivity contribution in [1.82, 2.24) is 5.32 Å². The number of aryl methyl sites for hydroxylation is 1. The number of hydrogen-bond donors (Lipinski definition) is 2. The summed E-state index contributed by atoms with van der Waals surface area (Å²) in [5.74, 6) is 1.41. The minimum atomic E-state index is -0.983. The molecule has 18 heavy (non-hydrogen) atoms. The van der Waals surface area contributed by atoms with Crippen LogP contribution in [0, 0.1) is 6.92 Å². The molecule has 0 aliphatic carbocycles. The van der Waals surface area contributed by atoms with Gasteiger partial charge in [-0.1, -0.05) is 0 Å². The van der Waals surface area contributed by atoms with Crippen LogP contribution in [0.3, 0.4) is 0 Å². The average Bonchev–Trinajstić information content (AvgIpc) is 2.88. The largest absolute Gasteiger partial charge is 0.463 e. The van der Waals surface area contributed by atoms with Crippen molar-refractivity contribution in [3.05, 3.63) is 44.4 Å². The molecule has 98 valence electrons. The molecule has 0 aliphatic heterocycles. The lowest BCUT2D eigenvalue weighted by atomic mass is 10.0. The van der Waals surface area contributed by atoms with Crippen molar-refractivity contribution in [2.75, 3.05) is 6.54 Å². The second kappa shape index (κ2) is 5.57. The van der Waals surface area contributed by atoms with Crippen molar-refractivity contribution in [3.8, 4) is 0 Å². The SMILES string of the molecule is Cc1ccc(C(C)(O)CNCc2cc(Br)cs2)o1. The van der Waals surface area contributed by atoms with E-state index in [9.17, 15) is 5.11 Å². The Morgan fingerprint density at radius 2 is 2.28 bits per heavy atom. The molecule has 5 heteroatoms. The van der Waals surface area contributed by atoms with Gasteiger partial charge in [-0.15, -0.1) is 11.3 Å². The molecule has 2 rings (SSSR count). The van der Waals surface area contributed by atoms with Gasteiger partial charge in [0.25, 0.3) is 0 Å². The third kappa shape index (κ3) is 3.45. The number of hydrogen-bond acceptors (Lipinski definition) is 4. The highest BCUT2D eigenvalue weighted by molar-refractivity contribution is 9.10. The minimum Gasteiger partial charge on any atom is -0.463 e. The Morgan fingerprint density at radius 3 is 2.83 bits per heavy atom. The molecule has 1 unspecified atom stereocenters. The van der Waals surface area contributed by atoms with E-state index in [4.69, 9.17) is 4.42 Å². The highest BCUT2D eigenvalue weighted by Gasteiger charge is 2.26. The lowest BCUT2D eigenvalue weighted by Gasteiger charge is -2.21. The second-order valence-electron chi connectivity index (χ2n) is 4.52. The normalized spacial score (nSPS) is 14.7. The second-order valence-corrected chi connectivity index (χ2v) is 6.43. The van der Waals surface area contributed by atoms with Gasteiger partial charge in [0.05, 0.1) is 0 Å². The predicted molar refractivity (Wildman–Crippen MR) is 76.7 cm³/mol. The van der Waals surface area contributed by atoms with E-state index in [2.05, 4.69) is 27.3 Å². The Hall–Kier alpha value is -0.620. The van der Waals surface area contributed by atoms with Gasteiger partial charge in [-0.25, -0.2) is 0 Å². The van der Waals surface area contributed by atoms with Crippen molar-refractivity contribution in [1.29, 1.82) is 0 Å². The molecule has 0 radical (unpaired) electrons. The molecule has 0 spiro atoms. The van der Waals surface area contributed by atoms with Crippen molar-refractivity contribution in [3.63, 3.8) is 0 Å². The van der Waals surface area contributed by atoms with E-state index in [1.54, 1.807) is 18.3 Å². The zero-order chi connectivity index (χ0) is 13.2. The summed E-state index contributed by atoms with van der Waals surface area (Å²) in [6.45, 7) is 4.82. The van der Waals surface area contributed by atoms with Gasteiger partial charge in [0, 0.05) is 27.8 Å². The monoisotopic (exact) mass is 329 g/mol. The summed E-state index contributed by atoms with van der Waals surface area (Å²) in [5, 5.41) is 15.6. The predicted octanol–water partition coefficient (Wildman–Crippen LogP) is 3.41. The number of furan rings is 1. The van der Waals surface area contributed by atoms with E-state index in [1.165, 1.54) is 4.88 Å². The van der Waals surface area contributed by atoms with Gasteiger partial charge in [0.1, 0.15) is 17.1 Å². The highest BCUT2D eigenvalue weighted by atomic mass is 79.9. The first kappa shape index (κ1) is 13.8. The molecule has 2 N–H and O–H groups in total. The molecule has 0 aromatic carbocycles. The lowest BCUT2D eigenvalue weighted by Crippen LogP contribution is -2.34. The summed E-state index contributed by atoms with van der Waals surface area (Å²) in [6, 6.07) is 5.75. The van der Waals surface area contributed by atoms with Gasteiger partial charge in [0.15, 0.2) is 0 Å². The maximum Gasteiger partial charge on any atom is 0.136 e. The van der Waals surface area contributed by atoms with Crippen LogP contribution in [-0.4, -0.2) is 11.7 Å². The van der Waals surface area contributed by atoms with E-state index in [0.29, 0.717) is 12.3 Å². The molecule has 0 aliphatic rings. The molecular weight excluding hydrogens is 314 g/mol. The van der Waals surface area contributed by atoms with Crippen LogP contribution >= 0.6 is 27.3 Å². The summed E-state index contributed by atoms with van der Waals surface area (Å²) in [4.78, 5) is 1.23. The van der Waals surface area contributed by atoms with Gasteiger partial charge in [-0.3, -0.25) is 0 Å². The number of rotatable bonds is 5. The zero-order valence-corrected chi connectivity index (χ0v) is 12.8. The first-order valence-corrected chi connectivity index (χ1v) is 7.37. The molecule has 2 aromatic rings. The highest BCUT2D eigenvalue weighted by Crippen LogP contribution is 2.23.